The van der Waals surface area contributed by atoms with Crippen LogP contribution in [0.25, 0.3) is 0 Å². The van der Waals surface area contributed by atoms with E-state index in [1.54, 1.807) is 6.08 Å². The Morgan fingerprint density at radius 3 is 2.59 bits per heavy atom. The van der Waals surface area contributed by atoms with Crippen LogP contribution in [0.5, 0.6) is 0 Å². The van der Waals surface area contributed by atoms with Gasteiger partial charge in [0.2, 0.25) is 5.91 Å². The summed E-state index contributed by atoms with van der Waals surface area (Å²) in [4.78, 5) is 39.1. The Bertz CT molecular complexity index is 985. The number of benzene rings is 1. The molecule has 1 aliphatic rings. The van der Waals surface area contributed by atoms with E-state index in [1.807, 2.05) is 62.4 Å². The molecule has 1 aromatic carbocycles. The van der Waals surface area contributed by atoms with E-state index in [4.69, 9.17) is 9.47 Å². The molecule has 0 aliphatic heterocycles. The van der Waals surface area contributed by atoms with Crippen molar-refractivity contribution in [1.82, 2.24) is 5.32 Å². The molecule has 0 bridgehead atoms. The van der Waals surface area contributed by atoms with Crippen molar-refractivity contribution in [3.63, 3.8) is 0 Å². The highest BCUT2D eigenvalue weighted by Gasteiger charge is 2.46. The van der Waals surface area contributed by atoms with Gasteiger partial charge < -0.3 is 29.8 Å². The SMILES string of the molecule is C/C=C\C(CCC(=O)NCC)[C@H]1C(O)CC(OC(=O)OCCCCO[N+](=O)[O-])[C@@H]1/C=C/[C@@H](O)CCc1ccccc1. The van der Waals surface area contributed by atoms with E-state index in [2.05, 4.69) is 10.2 Å². The van der Waals surface area contributed by atoms with Crippen LogP contribution < -0.4 is 5.32 Å². The van der Waals surface area contributed by atoms with Crippen molar-refractivity contribution >= 4 is 12.1 Å². The summed E-state index contributed by atoms with van der Waals surface area (Å²) in [5.41, 5.74) is 1.11. The zero-order chi connectivity index (χ0) is 30.0. The average Bonchev–Trinajstić information content (AvgIpc) is 3.25. The van der Waals surface area contributed by atoms with Crippen LogP contribution in [-0.2, 0) is 25.5 Å². The Hall–Kier alpha value is -3.44. The Morgan fingerprint density at radius 1 is 1.17 bits per heavy atom. The summed E-state index contributed by atoms with van der Waals surface area (Å²) in [6.07, 6.45) is 7.07. The summed E-state index contributed by atoms with van der Waals surface area (Å²) < 4.78 is 10.8. The van der Waals surface area contributed by atoms with E-state index in [1.165, 1.54) is 0 Å². The lowest BCUT2D eigenvalue weighted by Crippen LogP contribution is -2.31. The Kier molecular flexibility index (Phi) is 15.5. The molecule has 228 valence electrons. The molecule has 3 N–H and O–H groups in total. The van der Waals surface area contributed by atoms with Crippen molar-refractivity contribution in [2.75, 3.05) is 19.8 Å². The minimum absolute atomic E-state index is 0.00501. The smallest absolute Gasteiger partial charge is 0.434 e. The lowest BCUT2D eigenvalue weighted by Gasteiger charge is -2.29. The molecule has 1 saturated carbocycles. The summed E-state index contributed by atoms with van der Waals surface area (Å²) in [5, 5.41) is 33.9. The number of amides is 1. The van der Waals surface area contributed by atoms with Crippen molar-refractivity contribution < 1.29 is 39.2 Å². The molecule has 11 heteroatoms. The number of aliphatic hydroxyl groups is 2. The van der Waals surface area contributed by atoms with Crippen molar-refractivity contribution in [2.24, 2.45) is 17.8 Å². The third kappa shape index (κ3) is 12.7. The fraction of sp³-hybridized carbons (Fsp3) is 0.600. The predicted molar refractivity (Wildman–Crippen MR) is 152 cm³/mol. The lowest BCUT2D eigenvalue weighted by molar-refractivity contribution is -0.757. The highest BCUT2D eigenvalue weighted by molar-refractivity contribution is 5.75. The van der Waals surface area contributed by atoms with E-state index in [-0.39, 0.29) is 43.8 Å². The van der Waals surface area contributed by atoms with E-state index >= 15 is 0 Å². The maximum Gasteiger partial charge on any atom is 0.508 e. The number of allylic oxidation sites excluding steroid dienone is 2. The number of carbonyl (C=O) groups is 2. The monoisotopic (exact) mass is 576 g/mol. The molecule has 0 aromatic heterocycles. The van der Waals surface area contributed by atoms with Gasteiger partial charge in [-0.3, -0.25) is 4.79 Å². The minimum Gasteiger partial charge on any atom is -0.434 e. The number of carbonyl (C=O) groups excluding carboxylic acids is 2. The zero-order valence-corrected chi connectivity index (χ0v) is 23.9. The van der Waals surface area contributed by atoms with Crippen molar-refractivity contribution in [3.8, 4) is 0 Å². The van der Waals surface area contributed by atoms with Crippen LogP contribution in [0.3, 0.4) is 0 Å². The number of ether oxygens (including phenoxy) is 2. The standard InChI is InChI=1S/C30H44N2O9/c1-3-10-23(14-18-28(35)31-4-2)29-25(17-16-24(33)15-13-22-11-6-5-7-12-22)27(21-26(29)34)41-30(36)39-19-8-9-20-40-32(37)38/h3,5-7,10-12,16-17,23-27,29,33-34H,4,8-9,13-15,18-21H2,1-2H3,(H,31,35)/b10-3-,17-16+/t23?,24-,25-,26?,27?,29+/m0/s1. The second-order valence-corrected chi connectivity index (χ2v) is 10.1. The fourth-order valence-electron chi connectivity index (χ4n) is 5.22. The van der Waals surface area contributed by atoms with Crippen LogP contribution in [0.2, 0.25) is 0 Å². The van der Waals surface area contributed by atoms with Gasteiger partial charge in [0.15, 0.2) is 0 Å². The van der Waals surface area contributed by atoms with Gasteiger partial charge in [-0.05, 0) is 57.4 Å². The van der Waals surface area contributed by atoms with Gasteiger partial charge in [-0.1, -0.05) is 54.6 Å². The predicted octanol–water partition coefficient (Wildman–Crippen LogP) is 4.15. The topological polar surface area (TPSA) is 157 Å². The maximum absolute atomic E-state index is 12.5. The number of nitrogens with zero attached hydrogens (tertiary/aromatic N) is 1. The quantitative estimate of drug-likeness (QED) is 0.0767. The largest absolute Gasteiger partial charge is 0.508 e. The molecule has 1 fully saturated rings. The molecule has 41 heavy (non-hydrogen) atoms. The molecule has 6 atom stereocenters. The van der Waals surface area contributed by atoms with Gasteiger partial charge in [0.1, 0.15) is 6.10 Å². The van der Waals surface area contributed by atoms with Crippen LogP contribution in [-0.4, -0.2) is 65.4 Å². The van der Waals surface area contributed by atoms with Gasteiger partial charge in [0.25, 0.3) is 5.09 Å². The maximum atomic E-state index is 12.5. The second-order valence-electron chi connectivity index (χ2n) is 10.1. The third-order valence-corrected chi connectivity index (χ3v) is 7.13. The molecule has 11 nitrogen and oxygen atoms in total. The van der Waals surface area contributed by atoms with Crippen LogP contribution in [0.4, 0.5) is 4.79 Å². The summed E-state index contributed by atoms with van der Waals surface area (Å²) in [7, 11) is 0. The van der Waals surface area contributed by atoms with Crippen LogP contribution in [0.1, 0.15) is 57.9 Å². The second kappa shape index (κ2) is 18.8. The first-order chi connectivity index (χ1) is 19.7. The van der Waals surface area contributed by atoms with E-state index in [0.29, 0.717) is 38.6 Å². The number of unbranched alkanes of at least 4 members (excludes halogenated alkanes) is 1. The molecule has 2 rings (SSSR count). The zero-order valence-electron chi connectivity index (χ0n) is 23.9. The molecule has 0 radical (unpaired) electrons. The first kappa shape index (κ1) is 33.8. The number of nitrogens with one attached hydrogen (secondary N) is 1. The summed E-state index contributed by atoms with van der Waals surface area (Å²) in [5.74, 6) is -1.01. The van der Waals surface area contributed by atoms with Gasteiger partial charge in [0, 0.05) is 31.2 Å². The molecular weight excluding hydrogens is 532 g/mol. The van der Waals surface area contributed by atoms with Gasteiger partial charge in [-0.2, -0.15) is 0 Å². The van der Waals surface area contributed by atoms with Crippen LogP contribution in [0, 0.1) is 27.9 Å². The highest BCUT2D eigenvalue weighted by atomic mass is 16.9. The summed E-state index contributed by atoms with van der Waals surface area (Å²) in [6, 6.07) is 9.84. The van der Waals surface area contributed by atoms with Crippen molar-refractivity contribution in [3.05, 3.63) is 70.3 Å². The molecular formula is C30H44N2O9. The van der Waals surface area contributed by atoms with Gasteiger partial charge in [0.05, 0.1) is 25.4 Å². The Morgan fingerprint density at radius 2 is 1.90 bits per heavy atom. The van der Waals surface area contributed by atoms with Gasteiger partial charge in [-0.25, -0.2) is 4.79 Å². The average molecular weight is 577 g/mol. The van der Waals surface area contributed by atoms with Crippen LogP contribution in [0.15, 0.2) is 54.6 Å². The molecule has 1 amide bonds. The minimum atomic E-state index is -0.897. The first-order valence-corrected chi connectivity index (χ1v) is 14.3. The summed E-state index contributed by atoms with van der Waals surface area (Å²) >= 11 is 0. The molecule has 1 aromatic rings. The number of aryl methyl sites for hydroxylation is 1. The molecule has 0 saturated heterocycles. The fourth-order valence-corrected chi connectivity index (χ4v) is 5.22. The number of aliphatic hydroxyl groups excluding tert-OH is 2. The summed E-state index contributed by atoms with van der Waals surface area (Å²) in [6.45, 7) is 4.18. The highest BCUT2D eigenvalue weighted by Crippen LogP contribution is 2.42. The van der Waals surface area contributed by atoms with Gasteiger partial charge in [-0.15, -0.1) is 10.1 Å². The number of hydrogen-bond donors (Lipinski definition) is 3. The molecule has 0 spiro atoms. The Labute approximate surface area is 241 Å². The van der Waals surface area contributed by atoms with E-state index < -0.39 is 35.5 Å². The number of hydrogen-bond acceptors (Lipinski definition) is 9. The van der Waals surface area contributed by atoms with E-state index in [9.17, 15) is 29.9 Å². The molecule has 3 unspecified atom stereocenters. The van der Waals surface area contributed by atoms with Crippen molar-refractivity contribution in [1.29, 1.82) is 0 Å². The van der Waals surface area contributed by atoms with Gasteiger partial charge >= 0.3 is 6.16 Å². The first-order valence-electron chi connectivity index (χ1n) is 14.3. The lowest BCUT2D eigenvalue weighted by atomic mass is 9.79. The van der Waals surface area contributed by atoms with E-state index in [0.717, 1.165) is 5.56 Å². The number of rotatable bonds is 18. The van der Waals surface area contributed by atoms with Crippen LogP contribution >= 0.6 is 0 Å². The Balaban J connectivity index is 2.10. The third-order valence-electron chi connectivity index (χ3n) is 7.13. The van der Waals surface area contributed by atoms with Crippen molar-refractivity contribution in [2.45, 2.75) is 77.1 Å². The molecule has 1 aliphatic carbocycles. The normalized spacial score (nSPS) is 22.0. The molecule has 0 heterocycles.